The predicted octanol–water partition coefficient (Wildman–Crippen LogP) is 0.272. The number of unbranched alkanes of at least 4 members (excludes halogenated alkanes) is 1. The van der Waals surface area contributed by atoms with Gasteiger partial charge in [-0.2, -0.15) is 0 Å². The van der Waals surface area contributed by atoms with E-state index in [4.69, 9.17) is 0 Å². The fourth-order valence-corrected chi connectivity index (χ4v) is 2.40. The van der Waals surface area contributed by atoms with Gasteiger partial charge in [-0.25, -0.2) is 9.48 Å². The number of aryl methyl sites for hydroxylation is 1. The van der Waals surface area contributed by atoms with Crippen LogP contribution in [0, 0.1) is 0 Å². The van der Waals surface area contributed by atoms with E-state index in [9.17, 15) is 4.79 Å². The van der Waals surface area contributed by atoms with Crippen molar-refractivity contribution in [1.29, 1.82) is 0 Å². The van der Waals surface area contributed by atoms with Crippen molar-refractivity contribution in [1.82, 2.24) is 34.9 Å². The fraction of sp³-hybridized carbons (Fsp3) is 0.846. The molecule has 2 rings (SSSR count). The van der Waals surface area contributed by atoms with E-state index in [-0.39, 0.29) is 6.03 Å². The van der Waals surface area contributed by atoms with Crippen LogP contribution in [0.2, 0.25) is 0 Å². The molecule has 21 heavy (non-hydrogen) atoms. The van der Waals surface area contributed by atoms with Crippen LogP contribution in [0.15, 0.2) is 0 Å². The maximum atomic E-state index is 11.9. The molecule has 0 spiro atoms. The number of piperazine rings is 1. The molecule has 1 aromatic rings. The first-order chi connectivity index (χ1) is 10.1. The Labute approximate surface area is 125 Å². The lowest BCUT2D eigenvalue weighted by Gasteiger charge is -2.35. The molecule has 2 amide bonds. The lowest BCUT2D eigenvalue weighted by atomic mass is 10.3. The van der Waals surface area contributed by atoms with Gasteiger partial charge in [0.15, 0.2) is 5.82 Å². The maximum Gasteiger partial charge on any atom is 0.319 e. The van der Waals surface area contributed by atoms with Crippen LogP contribution in [-0.4, -0.2) is 81.2 Å². The van der Waals surface area contributed by atoms with Crippen LogP contribution in [-0.2, 0) is 13.1 Å². The van der Waals surface area contributed by atoms with Crippen LogP contribution in [0.3, 0.4) is 0 Å². The van der Waals surface area contributed by atoms with Gasteiger partial charge in [0.1, 0.15) is 0 Å². The number of amides is 2. The van der Waals surface area contributed by atoms with E-state index in [0.717, 1.165) is 57.9 Å². The summed E-state index contributed by atoms with van der Waals surface area (Å²) in [5.41, 5.74) is 0. The largest absolute Gasteiger partial charge is 0.331 e. The molecule has 8 heteroatoms. The zero-order chi connectivity index (χ0) is 15.2. The summed E-state index contributed by atoms with van der Waals surface area (Å²) in [7, 11) is 3.58. The molecule has 1 aliphatic heterocycles. The number of carbonyl (C=O) groups is 1. The quantitative estimate of drug-likeness (QED) is 0.780. The number of hydrogen-bond acceptors (Lipinski definition) is 5. The highest BCUT2D eigenvalue weighted by Crippen LogP contribution is 2.08. The second kappa shape index (κ2) is 7.35. The van der Waals surface area contributed by atoms with Gasteiger partial charge in [-0.05, 0) is 16.8 Å². The Kier molecular flexibility index (Phi) is 5.49. The summed E-state index contributed by atoms with van der Waals surface area (Å²) in [6.07, 6.45) is 2.22. The SMILES string of the molecule is CCCCn1nnnc1CN1CCN(C(=O)N(C)C)CC1. The minimum Gasteiger partial charge on any atom is -0.331 e. The molecule has 1 aromatic heterocycles. The second-order valence-corrected chi connectivity index (χ2v) is 5.61. The Bertz CT molecular complexity index is 451. The summed E-state index contributed by atoms with van der Waals surface area (Å²) in [5.74, 6) is 0.913. The highest BCUT2D eigenvalue weighted by molar-refractivity contribution is 5.73. The Morgan fingerprint density at radius 2 is 1.95 bits per heavy atom. The van der Waals surface area contributed by atoms with Crippen molar-refractivity contribution in [3.8, 4) is 0 Å². The van der Waals surface area contributed by atoms with Crippen LogP contribution >= 0.6 is 0 Å². The van der Waals surface area contributed by atoms with E-state index in [1.807, 2.05) is 9.58 Å². The third-order valence-electron chi connectivity index (χ3n) is 3.72. The number of carbonyl (C=O) groups excluding carboxylic acids is 1. The predicted molar refractivity (Wildman–Crippen MR) is 78.7 cm³/mol. The monoisotopic (exact) mass is 295 g/mol. The third kappa shape index (κ3) is 4.13. The Balaban J connectivity index is 1.83. The molecule has 0 atom stereocenters. The molecule has 0 radical (unpaired) electrons. The summed E-state index contributed by atoms with van der Waals surface area (Å²) in [6.45, 7) is 7.02. The third-order valence-corrected chi connectivity index (χ3v) is 3.72. The lowest BCUT2D eigenvalue weighted by molar-refractivity contribution is 0.117. The van der Waals surface area contributed by atoms with Gasteiger partial charge < -0.3 is 9.80 Å². The highest BCUT2D eigenvalue weighted by Gasteiger charge is 2.23. The molecule has 0 aliphatic carbocycles. The molecule has 0 bridgehead atoms. The van der Waals surface area contributed by atoms with E-state index in [0.29, 0.717) is 0 Å². The first kappa shape index (κ1) is 15.7. The van der Waals surface area contributed by atoms with Crippen LogP contribution < -0.4 is 0 Å². The minimum absolute atomic E-state index is 0.0856. The first-order valence-corrected chi connectivity index (χ1v) is 7.55. The number of aromatic nitrogens is 4. The molecule has 2 heterocycles. The van der Waals surface area contributed by atoms with Crippen molar-refractivity contribution >= 4 is 6.03 Å². The van der Waals surface area contributed by atoms with Gasteiger partial charge >= 0.3 is 6.03 Å². The van der Waals surface area contributed by atoms with Gasteiger partial charge in [-0.3, -0.25) is 4.90 Å². The standard InChI is InChI=1S/C13H25N7O/c1-4-5-6-20-12(14-15-16-20)11-18-7-9-19(10-8-18)13(21)17(2)3/h4-11H2,1-3H3. The van der Waals surface area contributed by atoms with E-state index in [1.54, 1.807) is 19.0 Å². The Morgan fingerprint density at radius 1 is 1.24 bits per heavy atom. The molecular weight excluding hydrogens is 270 g/mol. The molecule has 1 aliphatic rings. The Morgan fingerprint density at radius 3 is 2.57 bits per heavy atom. The number of rotatable bonds is 5. The number of nitrogens with zero attached hydrogens (tertiary/aromatic N) is 7. The van der Waals surface area contributed by atoms with Crippen LogP contribution in [0.1, 0.15) is 25.6 Å². The van der Waals surface area contributed by atoms with Gasteiger partial charge in [0, 0.05) is 46.8 Å². The van der Waals surface area contributed by atoms with Gasteiger partial charge in [0.25, 0.3) is 0 Å². The topological polar surface area (TPSA) is 70.4 Å². The van der Waals surface area contributed by atoms with Crippen molar-refractivity contribution in [3.63, 3.8) is 0 Å². The summed E-state index contributed by atoms with van der Waals surface area (Å²) in [6, 6.07) is 0.0856. The van der Waals surface area contributed by atoms with Crippen molar-refractivity contribution in [3.05, 3.63) is 5.82 Å². The number of tetrazole rings is 1. The maximum absolute atomic E-state index is 11.9. The van der Waals surface area contributed by atoms with Gasteiger partial charge in [-0.1, -0.05) is 13.3 Å². The van der Waals surface area contributed by atoms with Crippen molar-refractivity contribution in [2.45, 2.75) is 32.9 Å². The molecule has 0 unspecified atom stereocenters. The van der Waals surface area contributed by atoms with Crippen LogP contribution in [0.5, 0.6) is 0 Å². The van der Waals surface area contributed by atoms with E-state index in [1.165, 1.54) is 0 Å². The average molecular weight is 295 g/mol. The zero-order valence-electron chi connectivity index (χ0n) is 13.2. The summed E-state index contributed by atoms with van der Waals surface area (Å²) in [4.78, 5) is 17.7. The fourth-order valence-electron chi connectivity index (χ4n) is 2.40. The number of urea groups is 1. The molecule has 0 saturated carbocycles. The molecule has 118 valence electrons. The molecule has 1 fully saturated rings. The van der Waals surface area contributed by atoms with Gasteiger partial charge in [-0.15, -0.1) is 5.10 Å². The van der Waals surface area contributed by atoms with Crippen molar-refractivity contribution in [2.24, 2.45) is 0 Å². The molecule has 1 saturated heterocycles. The summed E-state index contributed by atoms with van der Waals surface area (Å²) in [5, 5.41) is 11.9. The second-order valence-electron chi connectivity index (χ2n) is 5.61. The minimum atomic E-state index is 0.0856. The molecule has 0 N–H and O–H groups in total. The van der Waals surface area contributed by atoms with Crippen molar-refractivity contribution in [2.75, 3.05) is 40.3 Å². The highest BCUT2D eigenvalue weighted by atomic mass is 16.2. The van der Waals surface area contributed by atoms with Crippen LogP contribution in [0.4, 0.5) is 4.79 Å². The molecule has 8 nitrogen and oxygen atoms in total. The molecule has 0 aromatic carbocycles. The first-order valence-electron chi connectivity index (χ1n) is 7.55. The smallest absolute Gasteiger partial charge is 0.319 e. The lowest BCUT2D eigenvalue weighted by Crippen LogP contribution is -2.51. The summed E-state index contributed by atoms with van der Waals surface area (Å²) < 4.78 is 1.89. The van der Waals surface area contributed by atoms with Crippen LogP contribution in [0.25, 0.3) is 0 Å². The van der Waals surface area contributed by atoms with Gasteiger partial charge in [0.2, 0.25) is 0 Å². The van der Waals surface area contributed by atoms with Gasteiger partial charge in [0.05, 0.1) is 6.54 Å². The zero-order valence-corrected chi connectivity index (χ0v) is 13.2. The van der Waals surface area contributed by atoms with E-state index >= 15 is 0 Å². The van der Waals surface area contributed by atoms with E-state index < -0.39 is 0 Å². The summed E-state index contributed by atoms with van der Waals surface area (Å²) >= 11 is 0. The number of hydrogen-bond donors (Lipinski definition) is 0. The Hall–Kier alpha value is -1.70. The molecular formula is C13H25N7O. The van der Waals surface area contributed by atoms with E-state index in [2.05, 4.69) is 27.3 Å². The van der Waals surface area contributed by atoms with Crippen molar-refractivity contribution < 1.29 is 4.79 Å². The average Bonchev–Trinajstić information content (AvgIpc) is 2.92. The normalized spacial score (nSPS) is 16.2.